The maximum Gasteiger partial charge on any atom is 0.269 e. The van der Waals surface area contributed by atoms with E-state index in [1.165, 1.54) is 10.8 Å². The zero-order chi connectivity index (χ0) is 18.8. The molecule has 0 saturated carbocycles. The van der Waals surface area contributed by atoms with Gasteiger partial charge in [-0.05, 0) is 24.7 Å². The van der Waals surface area contributed by atoms with Crippen LogP contribution in [0.4, 0.5) is 0 Å². The van der Waals surface area contributed by atoms with Crippen LogP contribution >= 0.6 is 0 Å². The highest BCUT2D eigenvalue weighted by atomic mass is 16.2. The van der Waals surface area contributed by atoms with Gasteiger partial charge in [0.25, 0.3) is 5.56 Å². The fourth-order valence-electron chi connectivity index (χ4n) is 3.68. The molecule has 0 bridgehead atoms. The summed E-state index contributed by atoms with van der Waals surface area (Å²) in [6, 6.07) is 17.5. The number of para-hydroxylation sites is 2. The molecule has 1 atom stereocenters. The molecular weight excluding hydrogens is 340 g/mol. The Hall–Kier alpha value is -2.99. The third kappa shape index (κ3) is 3.48. The molecule has 2 heterocycles. The number of piperazine rings is 1. The average molecular weight is 362 g/mol. The molecule has 0 unspecified atom stereocenters. The molecule has 1 fully saturated rings. The maximum absolute atomic E-state index is 13.2. The molecule has 0 spiro atoms. The van der Waals surface area contributed by atoms with Gasteiger partial charge in [0.1, 0.15) is 6.54 Å². The van der Waals surface area contributed by atoms with Crippen molar-refractivity contribution in [3.05, 3.63) is 76.7 Å². The van der Waals surface area contributed by atoms with Gasteiger partial charge in [0.15, 0.2) is 0 Å². The van der Waals surface area contributed by atoms with Crippen LogP contribution < -0.4 is 5.56 Å². The molecule has 2 aromatic carbocycles. The number of aromatic nitrogens is 2. The van der Waals surface area contributed by atoms with Crippen molar-refractivity contribution in [1.82, 2.24) is 19.4 Å². The lowest BCUT2D eigenvalue weighted by molar-refractivity contribution is -0.136. The molecule has 0 radical (unpaired) electrons. The van der Waals surface area contributed by atoms with Crippen LogP contribution in [-0.2, 0) is 11.3 Å². The molecule has 1 aliphatic rings. The van der Waals surface area contributed by atoms with Gasteiger partial charge in [-0.2, -0.15) is 0 Å². The van der Waals surface area contributed by atoms with E-state index in [1.54, 1.807) is 0 Å². The first kappa shape index (κ1) is 17.4. The Morgan fingerprint density at radius 3 is 2.63 bits per heavy atom. The number of hydrogen-bond acceptors (Lipinski definition) is 4. The number of amides is 1. The molecule has 4 rings (SSSR count). The number of hydrogen-bond donors (Lipinski definition) is 0. The summed E-state index contributed by atoms with van der Waals surface area (Å²) in [5.74, 6) is -0.0459. The van der Waals surface area contributed by atoms with Gasteiger partial charge in [-0.25, -0.2) is 4.98 Å². The third-order valence-corrected chi connectivity index (χ3v) is 5.13. The molecule has 0 N–H and O–H groups in total. The number of nitrogens with zero attached hydrogens (tertiary/aromatic N) is 4. The summed E-state index contributed by atoms with van der Waals surface area (Å²) < 4.78 is 1.52. The number of carbonyl (C=O) groups is 1. The second kappa shape index (κ2) is 7.32. The molecular formula is C21H22N4O2. The van der Waals surface area contributed by atoms with E-state index in [1.807, 2.05) is 47.4 Å². The normalized spacial score (nSPS) is 18.0. The van der Waals surface area contributed by atoms with Crippen LogP contribution in [0.1, 0.15) is 11.6 Å². The van der Waals surface area contributed by atoms with E-state index >= 15 is 0 Å². The van der Waals surface area contributed by atoms with Crippen molar-refractivity contribution in [3.8, 4) is 0 Å². The SMILES string of the molecule is CN1CCN(C(=O)Cn2c(=O)cnc3ccccc32)[C@@H](c2ccccc2)C1. The minimum absolute atomic E-state index is 0.0127. The third-order valence-electron chi connectivity index (χ3n) is 5.13. The summed E-state index contributed by atoms with van der Waals surface area (Å²) in [5, 5.41) is 0. The van der Waals surface area contributed by atoms with Crippen LogP contribution in [0.2, 0.25) is 0 Å². The Morgan fingerprint density at radius 1 is 1.07 bits per heavy atom. The smallest absolute Gasteiger partial charge is 0.269 e. The van der Waals surface area contributed by atoms with Crippen molar-refractivity contribution in [2.24, 2.45) is 0 Å². The summed E-state index contributed by atoms with van der Waals surface area (Å²) in [6.45, 7) is 2.27. The molecule has 138 valence electrons. The summed E-state index contributed by atoms with van der Waals surface area (Å²) >= 11 is 0. The summed E-state index contributed by atoms with van der Waals surface area (Å²) in [7, 11) is 2.07. The average Bonchev–Trinajstić information content (AvgIpc) is 2.70. The van der Waals surface area contributed by atoms with E-state index < -0.39 is 0 Å². The predicted molar refractivity (Wildman–Crippen MR) is 104 cm³/mol. The van der Waals surface area contributed by atoms with Gasteiger partial charge < -0.3 is 9.80 Å². The number of benzene rings is 2. The van der Waals surface area contributed by atoms with Crippen molar-refractivity contribution >= 4 is 16.9 Å². The largest absolute Gasteiger partial charge is 0.332 e. The van der Waals surface area contributed by atoms with Gasteiger partial charge in [0, 0.05) is 19.6 Å². The first-order valence-electron chi connectivity index (χ1n) is 9.11. The number of carbonyl (C=O) groups excluding carboxylic acids is 1. The highest BCUT2D eigenvalue weighted by Gasteiger charge is 2.30. The highest BCUT2D eigenvalue weighted by Crippen LogP contribution is 2.25. The van der Waals surface area contributed by atoms with E-state index in [0.29, 0.717) is 17.6 Å². The lowest BCUT2D eigenvalue weighted by Crippen LogP contribution is -2.50. The van der Waals surface area contributed by atoms with Crippen molar-refractivity contribution in [1.29, 1.82) is 0 Å². The van der Waals surface area contributed by atoms with E-state index in [0.717, 1.165) is 18.7 Å². The van der Waals surface area contributed by atoms with Crippen LogP contribution in [0, 0.1) is 0 Å². The first-order chi connectivity index (χ1) is 13.1. The summed E-state index contributed by atoms with van der Waals surface area (Å²) in [4.78, 5) is 33.9. The minimum atomic E-state index is -0.257. The zero-order valence-corrected chi connectivity index (χ0v) is 15.3. The van der Waals surface area contributed by atoms with Crippen molar-refractivity contribution in [2.75, 3.05) is 26.7 Å². The Bertz CT molecular complexity index is 1020. The minimum Gasteiger partial charge on any atom is -0.332 e. The standard InChI is InChI=1S/C21H22N4O2/c1-23-11-12-24(19(14-23)16-7-3-2-4-8-16)21(27)15-25-18-10-6-5-9-17(18)22-13-20(25)26/h2-10,13,19H,11-12,14-15H2,1H3/t19-/m1/s1. The van der Waals surface area contributed by atoms with Crippen LogP contribution in [0.15, 0.2) is 65.6 Å². The first-order valence-corrected chi connectivity index (χ1v) is 9.11. The van der Waals surface area contributed by atoms with Crippen LogP contribution in [0.3, 0.4) is 0 Å². The predicted octanol–water partition coefficient (Wildman–Crippen LogP) is 1.91. The number of likely N-dealkylation sites (N-methyl/N-ethyl adjacent to an activating group) is 1. The maximum atomic E-state index is 13.2. The molecule has 1 aromatic heterocycles. The molecule has 3 aromatic rings. The van der Waals surface area contributed by atoms with Crippen molar-refractivity contribution in [2.45, 2.75) is 12.6 Å². The van der Waals surface area contributed by atoms with Crippen LogP contribution in [0.25, 0.3) is 11.0 Å². The lowest BCUT2D eigenvalue weighted by atomic mass is 10.0. The fraction of sp³-hybridized carbons (Fsp3) is 0.286. The van der Waals surface area contributed by atoms with Gasteiger partial charge in [-0.3, -0.25) is 14.2 Å². The summed E-state index contributed by atoms with van der Waals surface area (Å²) in [5.41, 5.74) is 2.25. The number of rotatable bonds is 3. The molecule has 0 aliphatic carbocycles. The zero-order valence-electron chi connectivity index (χ0n) is 15.3. The van der Waals surface area contributed by atoms with Gasteiger partial charge >= 0.3 is 0 Å². The Morgan fingerprint density at radius 2 is 1.81 bits per heavy atom. The van der Waals surface area contributed by atoms with Crippen molar-refractivity contribution in [3.63, 3.8) is 0 Å². The molecule has 1 aliphatic heterocycles. The molecule has 6 nitrogen and oxygen atoms in total. The van der Waals surface area contributed by atoms with Gasteiger partial charge in [0.2, 0.25) is 5.91 Å². The Labute approximate surface area is 157 Å². The second-order valence-corrected chi connectivity index (χ2v) is 6.95. The van der Waals surface area contributed by atoms with Gasteiger partial charge in [-0.1, -0.05) is 42.5 Å². The molecule has 6 heteroatoms. The molecule has 1 saturated heterocycles. The van der Waals surface area contributed by atoms with E-state index in [2.05, 4.69) is 29.1 Å². The molecule has 27 heavy (non-hydrogen) atoms. The van der Waals surface area contributed by atoms with Gasteiger partial charge in [0.05, 0.1) is 23.3 Å². The lowest BCUT2D eigenvalue weighted by Gasteiger charge is -2.40. The van der Waals surface area contributed by atoms with E-state index in [4.69, 9.17) is 0 Å². The quantitative estimate of drug-likeness (QED) is 0.714. The number of fused-ring (bicyclic) bond motifs is 1. The molecule has 1 amide bonds. The topological polar surface area (TPSA) is 58.4 Å². The monoisotopic (exact) mass is 362 g/mol. The fourth-order valence-corrected chi connectivity index (χ4v) is 3.68. The Kier molecular flexibility index (Phi) is 4.73. The highest BCUT2D eigenvalue weighted by molar-refractivity contribution is 5.80. The second-order valence-electron chi connectivity index (χ2n) is 6.95. The van der Waals surface area contributed by atoms with E-state index in [9.17, 15) is 9.59 Å². The van der Waals surface area contributed by atoms with Gasteiger partial charge in [-0.15, -0.1) is 0 Å². The van der Waals surface area contributed by atoms with E-state index in [-0.39, 0.29) is 24.1 Å². The van der Waals surface area contributed by atoms with Crippen molar-refractivity contribution < 1.29 is 4.79 Å². The van der Waals surface area contributed by atoms with Crippen LogP contribution in [-0.4, -0.2) is 51.9 Å². The van der Waals surface area contributed by atoms with Crippen LogP contribution in [0.5, 0.6) is 0 Å². The summed E-state index contributed by atoms with van der Waals surface area (Å²) in [6.07, 6.45) is 1.29. The Balaban J connectivity index is 1.66.